The second kappa shape index (κ2) is 8.79. The first-order valence-electron chi connectivity index (χ1n) is 10.0. The fourth-order valence-electron chi connectivity index (χ4n) is 3.84. The molecule has 4 rings (SSSR count). The van der Waals surface area contributed by atoms with Gasteiger partial charge in [-0.25, -0.2) is 8.42 Å². The van der Waals surface area contributed by atoms with Gasteiger partial charge in [-0.1, -0.05) is 49.0 Å². The van der Waals surface area contributed by atoms with Gasteiger partial charge in [0.15, 0.2) is 0 Å². The predicted octanol–water partition coefficient (Wildman–Crippen LogP) is 4.61. The molecule has 1 heterocycles. The highest BCUT2D eigenvalue weighted by molar-refractivity contribution is 7.89. The quantitative estimate of drug-likeness (QED) is 0.623. The zero-order chi connectivity index (χ0) is 22.7. The minimum atomic E-state index is -3.92. The van der Waals surface area contributed by atoms with Crippen LogP contribution in [0.4, 0.5) is 5.69 Å². The average molecular weight is 444 g/mol. The summed E-state index contributed by atoms with van der Waals surface area (Å²) >= 11 is 0. The Morgan fingerprint density at radius 3 is 2.38 bits per heavy atom. The van der Waals surface area contributed by atoms with Crippen LogP contribution in [0, 0.1) is 11.3 Å². The van der Waals surface area contributed by atoms with Crippen molar-refractivity contribution in [1.82, 2.24) is 4.31 Å². The van der Waals surface area contributed by atoms with E-state index in [0.29, 0.717) is 16.8 Å². The Balaban J connectivity index is 1.62. The van der Waals surface area contributed by atoms with Crippen LogP contribution in [0.2, 0.25) is 0 Å². The molecule has 0 saturated carbocycles. The molecule has 1 N–H and O–H groups in total. The van der Waals surface area contributed by atoms with Gasteiger partial charge in [0.25, 0.3) is 5.91 Å². The van der Waals surface area contributed by atoms with Crippen molar-refractivity contribution >= 4 is 27.2 Å². The number of anilines is 1. The number of rotatable bonds is 5. The number of nitriles is 1. The predicted molar refractivity (Wildman–Crippen MR) is 123 cm³/mol. The molecule has 1 unspecified atom stereocenters. The van der Waals surface area contributed by atoms with Crippen LogP contribution in [0.1, 0.15) is 33.9 Å². The highest BCUT2D eigenvalue weighted by Crippen LogP contribution is 2.39. The lowest BCUT2D eigenvalue weighted by molar-refractivity contribution is 0.102. The van der Waals surface area contributed by atoms with Gasteiger partial charge in [0.1, 0.15) is 0 Å². The van der Waals surface area contributed by atoms with Crippen molar-refractivity contribution in [2.75, 3.05) is 11.9 Å². The van der Waals surface area contributed by atoms with Crippen LogP contribution in [0.3, 0.4) is 0 Å². The Kier molecular flexibility index (Phi) is 5.91. The topological polar surface area (TPSA) is 90.3 Å². The molecule has 0 aliphatic carbocycles. The summed E-state index contributed by atoms with van der Waals surface area (Å²) in [6.45, 7) is 4.14. The van der Waals surface area contributed by atoms with Crippen molar-refractivity contribution in [3.8, 4) is 6.07 Å². The number of fused-ring (bicyclic) bond motifs is 1. The molecule has 7 heteroatoms. The van der Waals surface area contributed by atoms with Crippen LogP contribution in [-0.2, 0) is 10.0 Å². The van der Waals surface area contributed by atoms with E-state index in [2.05, 4.69) is 18.0 Å². The van der Waals surface area contributed by atoms with E-state index in [1.54, 1.807) is 12.1 Å². The highest BCUT2D eigenvalue weighted by atomic mass is 32.2. The second-order valence-corrected chi connectivity index (χ2v) is 9.35. The number of hydrogen-bond acceptors (Lipinski definition) is 4. The van der Waals surface area contributed by atoms with E-state index in [-0.39, 0.29) is 23.8 Å². The van der Waals surface area contributed by atoms with E-state index in [1.807, 2.05) is 42.5 Å². The van der Waals surface area contributed by atoms with E-state index >= 15 is 0 Å². The number of nitrogens with one attached hydrogen (secondary N) is 1. The molecule has 1 aliphatic heterocycles. The van der Waals surface area contributed by atoms with Crippen LogP contribution in [0.5, 0.6) is 0 Å². The van der Waals surface area contributed by atoms with Crippen LogP contribution in [-0.4, -0.2) is 25.2 Å². The average Bonchev–Trinajstić information content (AvgIpc) is 2.81. The third-order valence-electron chi connectivity index (χ3n) is 5.43. The number of nitrogens with zero attached hydrogens (tertiary/aromatic N) is 2. The van der Waals surface area contributed by atoms with Crippen LogP contribution < -0.4 is 5.32 Å². The Morgan fingerprint density at radius 1 is 1.03 bits per heavy atom. The largest absolute Gasteiger partial charge is 0.322 e. The maximum absolute atomic E-state index is 13.5. The third-order valence-corrected chi connectivity index (χ3v) is 7.30. The van der Waals surface area contributed by atoms with E-state index < -0.39 is 16.1 Å². The smallest absolute Gasteiger partial charge is 0.255 e. The molecule has 6 nitrogen and oxygen atoms in total. The molecule has 3 aromatic rings. The standard InChI is InChI=1S/C25H21N3O3S/c1-18-17-28(24(15-16-26)23-10-6-5-9-22(18)23)32(30,31)21-13-11-19(12-14-21)25(29)27-20-7-3-2-4-8-20/h2-14,24H,1,15,17H2,(H,27,29). The van der Waals surface area contributed by atoms with Crippen LogP contribution in [0.25, 0.3) is 5.57 Å². The summed E-state index contributed by atoms with van der Waals surface area (Å²) in [6.07, 6.45) is 0.0289. The maximum atomic E-state index is 13.5. The van der Waals surface area contributed by atoms with Crippen molar-refractivity contribution in [3.63, 3.8) is 0 Å². The first-order valence-corrected chi connectivity index (χ1v) is 11.5. The molecule has 0 aromatic heterocycles. The summed E-state index contributed by atoms with van der Waals surface area (Å²) in [4.78, 5) is 12.5. The molecule has 0 radical (unpaired) electrons. The number of para-hydroxylation sites is 1. The molecule has 3 aromatic carbocycles. The fourth-order valence-corrected chi connectivity index (χ4v) is 5.44. The van der Waals surface area contributed by atoms with Gasteiger partial charge in [0.05, 0.1) is 23.4 Å². The summed E-state index contributed by atoms with van der Waals surface area (Å²) in [5.74, 6) is -0.331. The third kappa shape index (κ3) is 4.06. The lowest BCUT2D eigenvalue weighted by atomic mass is 9.90. The Labute approximate surface area is 187 Å². The molecule has 1 atom stereocenters. The normalized spacial score (nSPS) is 16.1. The molecule has 160 valence electrons. The molecule has 32 heavy (non-hydrogen) atoms. The summed E-state index contributed by atoms with van der Waals surface area (Å²) in [5, 5.41) is 12.1. The van der Waals surface area contributed by atoms with E-state index in [1.165, 1.54) is 28.6 Å². The van der Waals surface area contributed by atoms with Crippen molar-refractivity contribution in [1.29, 1.82) is 5.26 Å². The number of carbonyl (C=O) groups excluding carboxylic acids is 1. The van der Waals surface area contributed by atoms with Gasteiger partial charge in [-0.2, -0.15) is 9.57 Å². The highest BCUT2D eigenvalue weighted by Gasteiger charge is 2.37. The van der Waals surface area contributed by atoms with Gasteiger partial charge in [-0.05, 0) is 53.1 Å². The molecule has 0 saturated heterocycles. The van der Waals surface area contributed by atoms with Gasteiger partial charge < -0.3 is 5.32 Å². The fraction of sp³-hybridized carbons (Fsp3) is 0.120. The SMILES string of the molecule is C=C1CN(S(=O)(=O)c2ccc(C(=O)Nc3ccccc3)cc2)C(CC#N)c2ccccc21. The van der Waals surface area contributed by atoms with Crippen LogP contribution >= 0.6 is 0 Å². The van der Waals surface area contributed by atoms with Crippen molar-refractivity contribution in [2.45, 2.75) is 17.4 Å². The van der Waals surface area contributed by atoms with Crippen molar-refractivity contribution in [3.05, 3.63) is 102 Å². The molecule has 0 fully saturated rings. The molecular weight excluding hydrogens is 422 g/mol. The first kappa shape index (κ1) is 21.5. The lowest BCUT2D eigenvalue weighted by Gasteiger charge is -2.36. The lowest BCUT2D eigenvalue weighted by Crippen LogP contribution is -2.39. The van der Waals surface area contributed by atoms with Crippen LogP contribution in [0.15, 0.2) is 90.3 Å². The number of sulfonamides is 1. The Morgan fingerprint density at radius 2 is 1.69 bits per heavy atom. The van der Waals surface area contributed by atoms with Crippen molar-refractivity contribution in [2.24, 2.45) is 0 Å². The van der Waals surface area contributed by atoms with Gasteiger partial charge >= 0.3 is 0 Å². The minimum absolute atomic E-state index is 0.0289. The minimum Gasteiger partial charge on any atom is -0.322 e. The van der Waals surface area contributed by atoms with Gasteiger partial charge in [0.2, 0.25) is 10.0 Å². The van der Waals surface area contributed by atoms with Gasteiger partial charge in [-0.3, -0.25) is 4.79 Å². The molecule has 1 aliphatic rings. The van der Waals surface area contributed by atoms with Crippen molar-refractivity contribution < 1.29 is 13.2 Å². The monoisotopic (exact) mass is 443 g/mol. The molecule has 0 spiro atoms. The maximum Gasteiger partial charge on any atom is 0.255 e. The summed E-state index contributed by atoms with van der Waals surface area (Å²) in [6, 6.07) is 23.8. The first-order chi connectivity index (χ1) is 15.4. The van der Waals surface area contributed by atoms with Gasteiger partial charge in [0, 0.05) is 17.8 Å². The zero-order valence-electron chi connectivity index (χ0n) is 17.2. The number of hydrogen-bond donors (Lipinski definition) is 1. The van der Waals surface area contributed by atoms with E-state index in [0.717, 1.165) is 11.1 Å². The molecule has 0 bridgehead atoms. The van der Waals surface area contributed by atoms with Gasteiger partial charge in [-0.15, -0.1) is 0 Å². The second-order valence-electron chi connectivity index (χ2n) is 7.46. The molecular formula is C25H21N3O3S. The number of amides is 1. The number of benzene rings is 3. The number of carbonyl (C=O) groups is 1. The summed E-state index contributed by atoms with van der Waals surface area (Å²) in [7, 11) is -3.92. The molecule has 1 amide bonds. The summed E-state index contributed by atoms with van der Waals surface area (Å²) < 4.78 is 28.3. The van der Waals surface area contributed by atoms with E-state index in [4.69, 9.17) is 0 Å². The Bertz CT molecular complexity index is 1310. The zero-order valence-corrected chi connectivity index (χ0v) is 18.0. The van der Waals surface area contributed by atoms with E-state index in [9.17, 15) is 18.5 Å². The Hall–Kier alpha value is -3.73. The summed E-state index contributed by atoms with van der Waals surface area (Å²) in [5.41, 5.74) is 3.32.